The highest BCUT2D eigenvalue weighted by Crippen LogP contribution is 2.44. The number of hydrogen-bond acceptors (Lipinski definition) is 8. The van der Waals surface area contributed by atoms with Crippen LogP contribution in [-0.2, 0) is 32.3 Å². The lowest BCUT2D eigenvalue weighted by Gasteiger charge is -2.33. The Hall–Kier alpha value is -4.08. The number of ether oxygens (including phenoxy) is 2. The highest BCUT2D eigenvalue weighted by molar-refractivity contribution is 7.89. The number of carbonyl (C=O) groups is 1. The number of carboxylic acids is 1. The van der Waals surface area contributed by atoms with Crippen LogP contribution in [0.5, 0.6) is 5.88 Å². The van der Waals surface area contributed by atoms with Crippen LogP contribution in [0.25, 0.3) is 5.65 Å². The third-order valence-corrected chi connectivity index (χ3v) is 10.8. The summed E-state index contributed by atoms with van der Waals surface area (Å²) in [5.74, 6) is -3.16. The van der Waals surface area contributed by atoms with Crippen molar-refractivity contribution >= 4 is 21.6 Å². The summed E-state index contributed by atoms with van der Waals surface area (Å²) >= 11 is 0. The molecule has 2 aliphatic heterocycles. The molecule has 1 fully saturated rings. The quantitative estimate of drug-likeness (QED) is 0.311. The molecule has 5 heterocycles. The van der Waals surface area contributed by atoms with E-state index in [1.807, 2.05) is 6.92 Å². The fourth-order valence-corrected chi connectivity index (χ4v) is 7.87. The smallest absolute Gasteiger partial charge is 0.452 e. The van der Waals surface area contributed by atoms with E-state index in [1.165, 1.54) is 34.9 Å². The number of aryl methyl sites for hydroxylation is 2. The summed E-state index contributed by atoms with van der Waals surface area (Å²) in [6, 6.07) is 9.74. The van der Waals surface area contributed by atoms with Crippen molar-refractivity contribution < 1.29 is 41.0 Å². The summed E-state index contributed by atoms with van der Waals surface area (Å²) in [6.07, 6.45) is -1.62. The largest absolute Gasteiger partial charge is 0.481 e. The fraction of sp³-hybridized carbons (Fsp3) is 0.419. The molecule has 0 unspecified atom stereocenters. The lowest BCUT2D eigenvalue weighted by Crippen LogP contribution is -2.47. The lowest BCUT2D eigenvalue weighted by atomic mass is 9.70. The summed E-state index contributed by atoms with van der Waals surface area (Å²) in [7, 11) is -4.08. The van der Waals surface area contributed by atoms with Gasteiger partial charge in [-0.25, -0.2) is 13.4 Å². The zero-order valence-corrected chi connectivity index (χ0v) is 26.3. The van der Waals surface area contributed by atoms with Crippen molar-refractivity contribution in [3.63, 3.8) is 0 Å². The fourth-order valence-electron chi connectivity index (χ4n) is 6.31. The molecule has 1 aromatic carbocycles. The Morgan fingerprint density at radius 2 is 1.91 bits per heavy atom. The van der Waals surface area contributed by atoms with E-state index in [1.54, 1.807) is 39.0 Å². The minimum Gasteiger partial charge on any atom is -0.481 e. The van der Waals surface area contributed by atoms with Crippen molar-refractivity contribution in [2.75, 3.05) is 19.8 Å². The van der Waals surface area contributed by atoms with Crippen LogP contribution in [0.3, 0.4) is 0 Å². The Morgan fingerprint density at radius 1 is 1.15 bits per heavy atom. The van der Waals surface area contributed by atoms with Crippen molar-refractivity contribution in [2.24, 2.45) is 5.41 Å². The van der Waals surface area contributed by atoms with Gasteiger partial charge in [-0.15, -0.1) is 10.2 Å². The van der Waals surface area contributed by atoms with Gasteiger partial charge < -0.3 is 14.6 Å². The molecule has 3 aromatic heterocycles. The number of sulfonamides is 1. The van der Waals surface area contributed by atoms with Gasteiger partial charge in [0.1, 0.15) is 10.5 Å². The van der Waals surface area contributed by atoms with E-state index in [0.29, 0.717) is 35.3 Å². The predicted molar refractivity (Wildman–Crippen MR) is 158 cm³/mol. The number of fused-ring (bicyclic) bond motifs is 2. The second-order valence-electron chi connectivity index (χ2n) is 12.4. The first-order valence-corrected chi connectivity index (χ1v) is 16.0. The molecule has 0 radical (unpaired) electrons. The summed E-state index contributed by atoms with van der Waals surface area (Å²) in [5, 5.41) is 17.5. The molecule has 0 bridgehead atoms. The van der Waals surface area contributed by atoms with E-state index in [2.05, 4.69) is 15.2 Å². The molecular formula is C31H32F3N5O6S. The van der Waals surface area contributed by atoms with Gasteiger partial charge in [0.25, 0.3) is 0 Å². The highest BCUT2D eigenvalue weighted by Gasteiger charge is 2.47. The lowest BCUT2D eigenvalue weighted by molar-refractivity contribution is -0.147. The van der Waals surface area contributed by atoms with Gasteiger partial charge in [0.15, 0.2) is 5.65 Å². The van der Waals surface area contributed by atoms with E-state index in [-0.39, 0.29) is 36.1 Å². The highest BCUT2D eigenvalue weighted by atomic mass is 32.2. The van der Waals surface area contributed by atoms with E-state index in [9.17, 15) is 31.5 Å². The first kappa shape index (κ1) is 31.9. The van der Waals surface area contributed by atoms with Gasteiger partial charge in [-0.3, -0.25) is 9.20 Å². The molecule has 4 aromatic rings. The number of aliphatic carboxylic acids is 1. The molecule has 6 rings (SSSR count). The maximum absolute atomic E-state index is 14.0. The van der Waals surface area contributed by atoms with Gasteiger partial charge in [0.05, 0.1) is 25.2 Å². The standard InChI is InChI=1S/C31H32F3N5O6S/c1-18-7-8-20(24(29(3,4)28(40)41)22-9-12-39-25(19(22)2)36-37-27(39)31(32,33)34)14-21(18)15-38-16-30(10-13-44-17-30)45-26-23(46(38,42)43)6-5-11-35-26/h5-9,11-12,14,24H,10,13,15-17H2,1-4H3,(H,40,41)/t24-,30+/m1/s1. The number of halogens is 3. The number of alkyl halides is 3. The van der Waals surface area contributed by atoms with Gasteiger partial charge in [-0.2, -0.15) is 17.5 Å². The van der Waals surface area contributed by atoms with Crippen molar-refractivity contribution in [1.29, 1.82) is 0 Å². The number of rotatable bonds is 6. The maximum Gasteiger partial charge on any atom is 0.452 e. The van der Waals surface area contributed by atoms with Gasteiger partial charge in [-0.05, 0) is 73.7 Å². The minimum absolute atomic E-state index is 0.00358. The third kappa shape index (κ3) is 5.29. The Bertz CT molecular complexity index is 1950. The topological polar surface area (TPSA) is 136 Å². The van der Waals surface area contributed by atoms with E-state index < -0.39 is 44.9 Å². The molecule has 46 heavy (non-hydrogen) atoms. The van der Waals surface area contributed by atoms with Gasteiger partial charge in [-0.1, -0.05) is 18.2 Å². The SMILES string of the molecule is Cc1ccc([C@H](c2ccn3c(C(F)(F)F)nnc3c2C)C(C)(C)C(=O)O)cc1CN1C[C@]2(CCOC2)Oc2ncccc2S1(=O)=O. The van der Waals surface area contributed by atoms with Gasteiger partial charge in [0.2, 0.25) is 21.7 Å². The zero-order valence-electron chi connectivity index (χ0n) is 25.5. The van der Waals surface area contributed by atoms with Crippen molar-refractivity contribution in [3.05, 3.63) is 82.4 Å². The van der Waals surface area contributed by atoms with Crippen molar-refractivity contribution in [1.82, 2.24) is 23.9 Å². The Balaban J connectivity index is 1.46. The van der Waals surface area contributed by atoms with Gasteiger partial charge in [0, 0.05) is 31.3 Å². The van der Waals surface area contributed by atoms with Crippen LogP contribution in [0.4, 0.5) is 13.2 Å². The number of hydrogen-bond donors (Lipinski definition) is 1. The number of carboxylic acid groups (broad SMARTS) is 1. The van der Waals surface area contributed by atoms with Crippen LogP contribution in [0.1, 0.15) is 59.8 Å². The first-order chi connectivity index (χ1) is 21.5. The number of aromatic nitrogens is 4. The molecule has 15 heteroatoms. The van der Waals surface area contributed by atoms with Crippen LogP contribution in [0.15, 0.2) is 53.7 Å². The molecule has 0 amide bonds. The van der Waals surface area contributed by atoms with Crippen LogP contribution in [0.2, 0.25) is 0 Å². The average Bonchev–Trinajstić information content (AvgIpc) is 3.61. The summed E-state index contributed by atoms with van der Waals surface area (Å²) in [4.78, 5) is 16.8. The number of pyridine rings is 2. The van der Waals surface area contributed by atoms with Gasteiger partial charge >= 0.3 is 12.1 Å². The van der Waals surface area contributed by atoms with Crippen molar-refractivity contribution in [2.45, 2.75) is 63.3 Å². The Morgan fingerprint density at radius 3 is 2.59 bits per heavy atom. The van der Waals surface area contributed by atoms with Crippen LogP contribution >= 0.6 is 0 Å². The molecule has 244 valence electrons. The molecule has 0 saturated carbocycles. The molecule has 2 atom stereocenters. The average molecular weight is 660 g/mol. The van der Waals surface area contributed by atoms with E-state index in [0.717, 1.165) is 9.96 Å². The number of nitrogens with zero attached hydrogens (tertiary/aromatic N) is 5. The summed E-state index contributed by atoms with van der Waals surface area (Å²) in [5.41, 5.74) is 0.288. The van der Waals surface area contributed by atoms with Crippen LogP contribution in [-0.4, -0.2) is 68.7 Å². The molecule has 2 aliphatic rings. The molecule has 11 nitrogen and oxygen atoms in total. The molecule has 0 aliphatic carbocycles. The Kier molecular flexibility index (Phi) is 7.64. The van der Waals surface area contributed by atoms with E-state index in [4.69, 9.17) is 9.47 Å². The Labute approximate surface area is 263 Å². The van der Waals surface area contributed by atoms with Crippen molar-refractivity contribution in [3.8, 4) is 5.88 Å². The predicted octanol–water partition coefficient (Wildman–Crippen LogP) is 4.75. The summed E-state index contributed by atoms with van der Waals surface area (Å²) < 4.78 is 82.7. The third-order valence-electron chi connectivity index (χ3n) is 8.96. The maximum atomic E-state index is 14.0. The molecule has 1 spiro atoms. The normalized spacial score (nSPS) is 20.8. The number of benzene rings is 1. The molecule has 1 N–H and O–H groups in total. The summed E-state index contributed by atoms with van der Waals surface area (Å²) in [6.45, 7) is 7.02. The second-order valence-corrected chi connectivity index (χ2v) is 14.3. The molecular weight excluding hydrogens is 627 g/mol. The van der Waals surface area contributed by atoms with Crippen LogP contribution in [0, 0.1) is 19.3 Å². The van der Waals surface area contributed by atoms with Crippen LogP contribution < -0.4 is 4.74 Å². The second kappa shape index (κ2) is 11.0. The monoisotopic (exact) mass is 659 g/mol. The molecule has 1 saturated heterocycles. The van der Waals surface area contributed by atoms with E-state index >= 15 is 0 Å². The first-order valence-electron chi connectivity index (χ1n) is 14.5. The minimum atomic E-state index is -4.74. The zero-order chi connectivity index (χ0) is 33.2.